The Balaban J connectivity index is 1.90. The minimum absolute atomic E-state index is 0.0132. The summed E-state index contributed by atoms with van der Waals surface area (Å²) in [6.07, 6.45) is 0.730. The van der Waals surface area contributed by atoms with Crippen molar-refractivity contribution >= 4 is 29.1 Å². The highest BCUT2D eigenvalue weighted by atomic mass is 16.5. The molecule has 3 amide bonds. The molecule has 2 aromatic carbocycles. The lowest BCUT2D eigenvalue weighted by atomic mass is 10.1. The van der Waals surface area contributed by atoms with Crippen molar-refractivity contribution < 1.29 is 19.1 Å². The molecule has 31 heavy (non-hydrogen) atoms. The van der Waals surface area contributed by atoms with Gasteiger partial charge in [-0.25, -0.2) is 0 Å². The molecule has 8 heteroatoms. The van der Waals surface area contributed by atoms with Crippen LogP contribution in [-0.4, -0.2) is 63.0 Å². The first-order chi connectivity index (χ1) is 14.9. The summed E-state index contributed by atoms with van der Waals surface area (Å²) in [5.74, 6) is -0.792. The summed E-state index contributed by atoms with van der Waals surface area (Å²) in [6.45, 7) is 3.15. The van der Waals surface area contributed by atoms with Gasteiger partial charge in [0.05, 0.1) is 24.3 Å². The molecular weight excluding hydrogens is 396 g/mol. The molecule has 0 aliphatic carbocycles. The summed E-state index contributed by atoms with van der Waals surface area (Å²) >= 11 is 0. The number of anilines is 2. The SMILES string of the molecule is COCCCNC(=O)CN(C)CC(=O)Nc1ccccc1C(=O)Nc1cccc(C)c1. The molecule has 0 bridgehead atoms. The van der Waals surface area contributed by atoms with Crippen LogP contribution in [0.15, 0.2) is 48.5 Å². The van der Waals surface area contributed by atoms with Crippen molar-refractivity contribution in [2.24, 2.45) is 0 Å². The zero-order valence-corrected chi connectivity index (χ0v) is 18.2. The topological polar surface area (TPSA) is 99.8 Å². The van der Waals surface area contributed by atoms with Gasteiger partial charge in [-0.2, -0.15) is 0 Å². The Kier molecular flexibility index (Phi) is 9.67. The lowest BCUT2D eigenvalue weighted by molar-refractivity contribution is -0.123. The predicted molar refractivity (Wildman–Crippen MR) is 121 cm³/mol. The number of hydrogen-bond donors (Lipinski definition) is 3. The Labute approximate surface area is 183 Å². The van der Waals surface area contributed by atoms with E-state index in [4.69, 9.17) is 4.74 Å². The molecule has 166 valence electrons. The first kappa shape index (κ1) is 24.0. The quantitative estimate of drug-likeness (QED) is 0.479. The van der Waals surface area contributed by atoms with Crippen molar-refractivity contribution in [2.75, 3.05) is 51.0 Å². The molecule has 3 N–H and O–H groups in total. The van der Waals surface area contributed by atoms with Crippen LogP contribution in [0.5, 0.6) is 0 Å². The number of rotatable bonds is 11. The largest absolute Gasteiger partial charge is 0.385 e. The minimum Gasteiger partial charge on any atom is -0.385 e. The molecule has 0 fully saturated rings. The Morgan fingerprint density at radius 3 is 2.45 bits per heavy atom. The van der Waals surface area contributed by atoms with Crippen molar-refractivity contribution in [2.45, 2.75) is 13.3 Å². The number of aryl methyl sites for hydroxylation is 1. The number of amides is 3. The van der Waals surface area contributed by atoms with Gasteiger partial charge in [-0.15, -0.1) is 0 Å². The van der Waals surface area contributed by atoms with Gasteiger partial charge < -0.3 is 20.7 Å². The molecule has 0 aliphatic heterocycles. The molecule has 2 aromatic rings. The van der Waals surface area contributed by atoms with Gasteiger partial charge in [0.2, 0.25) is 11.8 Å². The fourth-order valence-electron chi connectivity index (χ4n) is 2.95. The van der Waals surface area contributed by atoms with Gasteiger partial charge in [0.1, 0.15) is 0 Å². The molecule has 0 saturated heterocycles. The van der Waals surface area contributed by atoms with E-state index in [9.17, 15) is 14.4 Å². The average Bonchev–Trinajstić information content (AvgIpc) is 2.71. The van der Waals surface area contributed by atoms with Crippen molar-refractivity contribution in [3.8, 4) is 0 Å². The summed E-state index contributed by atoms with van der Waals surface area (Å²) < 4.78 is 4.94. The fourth-order valence-corrected chi connectivity index (χ4v) is 2.95. The Morgan fingerprint density at radius 2 is 1.71 bits per heavy atom. The van der Waals surface area contributed by atoms with Gasteiger partial charge >= 0.3 is 0 Å². The van der Waals surface area contributed by atoms with Gasteiger partial charge in [0.15, 0.2) is 0 Å². The average molecular weight is 427 g/mol. The van der Waals surface area contributed by atoms with Gasteiger partial charge in [0.25, 0.3) is 5.91 Å². The standard InChI is InChI=1S/C23H30N4O4/c1-17-8-6-9-18(14-17)25-23(30)19-10-4-5-11-20(19)26-22(29)16-27(2)15-21(28)24-12-7-13-31-3/h4-6,8-11,14H,7,12-13,15-16H2,1-3H3,(H,24,28)(H,25,30)(H,26,29). The van der Waals surface area contributed by atoms with Crippen molar-refractivity contribution in [1.82, 2.24) is 10.2 Å². The molecule has 2 rings (SSSR count). The zero-order chi connectivity index (χ0) is 22.6. The first-order valence-corrected chi connectivity index (χ1v) is 10.1. The van der Waals surface area contributed by atoms with Crippen LogP contribution in [0, 0.1) is 6.92 Å². The zero-order valence-electron chi connectivity index (χ0n) is 18.2. The van der Waals surface area contributed by atoms with Crippen molar-refractivity contribution in [3.05, 3.63) is 59.7 Å². The lowest BCUT2D eigenvalue weighted by Gasteiger charge is -2.17. The summed E-state index contributed by atoms with van der Waals surface area (Å²) in [7, 11) is 3.29. The highest BCUT2D eigenvalue weighted by Crippen LogP contribution is 2.18. The minimum atomic E-state index is -0.315. The number of para-hydroxylation sites is 1. The maximum Gasteiger partial charge on any atom is 0.257 e. The number of carbonyl (C=O) groups is 3. The van der Waals surface area contributed by atoms with E-state index < -0.39 is 0 Å². The Morgan fingerprint density at radius 1 is 0.968 bits per heavy atom. The third-order valence-electron chi connectivity index (χ3n) is 4.40. The van der Waals surface area contributed by atoms with Crippen LogP contribution in [-0.2, 0) is 14.3 Å². The van der Waals surface area contributed by atoms with Crippen LogP contribution >= 0.6 is 0 Å². The predicted octanol–water partition coefficient (Wildman–Crippen LogP) is 2.27. The molecule has 0 aliphatic rings. The molecule has 0 atom stereocenters. The van der Waals surface area contributed by atoms with Crippen molar-refractivity contribution in [1.29, 1.82) is 0 Å². The number of benzene rings is 2. The van der Waals surface area contributed by atoms with Crippen LogP contribution < -0.4 is 16.0 Å². The summed E-state index contributed by atoms with van der Waals surface area (Å²) in [5.41, 5.74) is 2.48. The van der Waals surface area contributed by atoms with E-state index in [1.165, 1.54) is 0 Å². The van der Waals surface area contributed by atoms with E-state index in [1.54, 1.807) is 49.4 Å². The maximum absolute atomic E-state index is 12.7. The van der Waals surface area contributed by atoms with Crippen LogP contribution in [0.3, 0.4) is 0 Å². The highest BCUT2D eigenvalue weighted by Gasteiger charge is 2.15. The van der Waals surface area contributed by atoms with E-state index in [1.807, 2.05) is 25.1 Å². The van der Waals surface area contributed by atoms with E-state index in [2.05, 4.69) is 16.0 Å². The smallest absolute Gasteiger partial charge is 0.257 e. The second-order valence-corrected chi connectivity index (χ2v) is 7.29. The lowest BCUT2D eigenvalue weighted by Crippen LogP contribution is -2.39. The van der Waals surface area contributed by atoms with Gasteiger partial charge in [-0.1, -0.05) is 24.3 Å². The van der Waals surface area contributed by atoms with E-state index in [-0.39, 0.29) is 30.8 Å². The van der Waals surface area contributed by atoms with Crippen LogP contribution in [0.1, 0.15) is 22.3 Å². The molecule has 0 radical (unpaired) electrons. The van der Waals surface area contributed by atoms with Gasteiger partial charge in [-0.3, -0.25) is 19.3 Å². The number of likely N-dealkylation sites (N-methyl/N-ethyl adjacent to an activating group) is 1. The number of hydrogen-bond acceptors (Lipinski definition) is 5. The molecule has 0 aromatic heterocycles. The van der Waals surface area contributed by atoms with Crippen LogP contribution in [0.25, 0.3) is 0 Å². The summed E-state index contributed by atoms with van der Waals surface area (Å²) in [5, 5.41) is 8.39. The third-order valence-corrected chi connectivity index (χ3v) is 4.40. The number of ether oxygens (including phenoxy) is 1. The van der Waals surface area contributed by atoms with E-state index in [0.717, 1.165) is 12.0 Å². The maximum atomic E-state index is 12.7. The number of nitrogens with zero attached hydrogens (tertiary/aromatic N) is 1. The Hall–Kier alpha value is -3.23. The van der Waals surface area contributed by atoms with Gasteiger partial charge in [-0.05, 0) is 50.2 Å². The van der Waals surface area contributed by atoms with E-state index in [0.29, 0.717) is 30.1 Å². The third kappa shape index (κ3) is 8.57. The number of nitrogens with one attached hydrogen (secondary N) is 3. The number of methoxy groups -OCH3 is 1. The first-order valence-electron chi connectivity index (χ1n) is 10.1. The number of carbonyl (C=O) groups excluding carboxylic acids is 3. The Bertz CT molecular complexity index is 901. The molecule has 0 spiro atoms. The molecule has 0 unspecified atom stereocenters. The summed E-state index contributed by atoms with van der Waals surface area (Å²) in [6, 6.07) is 14.3. The molecule has 8 nitrogen and oxygen atoms in total. The molecule has 0 heterocycles. The normalized spacial score (nSPS) is 10.6. The van der Waals surface area contributed by atoms with Crippen LogP contribution in [0.2, 0.25) is 0 Å². The molecular formula is C23H30N4O4. The van der Waals surface area contributed by atoms with Crippen LogP contribution in [0.4, 0.5) is 11.4 Å². The second-order valence-electron chi connectivity index (χ2n) is 7.29. The van der Waals surface area contributed by atoms with E-state index >= 15 is 0 Å². The molecule has 0 saturated carbocycles. The van der Waals surface area contributed by atoms with Crippen molar-refractivity contribution in [3.63, 3.8) is 0 Å². The second kappa shape index (κ2) is 12.5. The summed E-state index contributed by atoms with van der Waals surface area (Å²) in [4.78, 5) is 38.7. The highest BCUT2D eigenvalue weighted by molar-refractivity contribution is 6.10. The monoisotopic (exact) mass is 426 g/mol. The fraction of sp³-hybridized carbons (Fsp3) is 0.348. The van der Waals surface area contributed by atoms with Gasteiger partial charge in [0, 0.05) is 25.9 Å².